The Labute approximate surface area is 154 Å². The third-order valence-electron chi connectivity index (χ3n) is 5.56. The fraction of sp³-hybridized carbons (Fsp3) is 0.364. The number of nitrogens with zero attached hydrogens (tertiary/aromatic N) is 2. The second-order valence-electron chi connectivity index (χ2n) is 7.43. The first-order valence-electron chi connectivity index (χ1n) is 9.35. The van der Waals surface area contributed by atoms with Crippen molar-refractivity contribution < 1.29 is 4.79 Å². The van der Waals surface area contributed by atoms with Crippen LogP contribution in [-0.4, -0.2) is 17.9 Å². The van der Waals surface area contributed by atoms with Gasteiger partial charge in [-0.3, -0.25) is 4.79 Å². The lowest BCUT2D eigenvalue weighted by Crippen LogP contribution is -2.33. The SMILES string of the molecule is CN(Cc1ccccc1)c1ncccc1CNC(=O)[C@@H]1C[C@H]2C=C[C@@H]1C2. The number of benzene rings is 1. The summed E-state index contributed by atoms with van der Waals surface area (Å²) in [6.45, 7) is 1.31. The summed E-state index contributed by atoms with van der Waals surface area (Å²) in [6.07, 6.45) is 8.45. The summed E-state index contributed by atoms with van der Waals surface area (Å²) in [5.74, 6) is 2.30. The van der Waals surface area contributed by atoms with Crippen LogP contribution in [0.25, 0.3) is 0 Å². The Morgan fingerprint density at radius 1 is 1.15 bits per heavy atom. The van der Waals surface area contributed by atoms with Crippen LogP contribution in [-0.2, 0) is 17.9 Å². The van der Waals surface area contributed by atoms with Gasteiger partial charge in [-0.05, 0) is 36.3 Å². The normalized spacial score (nSPS) is 23.2. The molecule has 0 aliphatic heterocycles. The van der Waals surface area contributed by atoms with Crippen LogP contribution in [0.3, 0.4) is 0 Å². The highest BCUT2D eigenvalue weighted by Gasteiger charge is 2.39. The van der Waals surface area contributed by atoms with E-state index in [1.807, 2.05) is 43.6 Å². The van der Waals surface area contributed by atoms with Crippen molar-refractivity contribution >= 4 is 11.7 Å². The molecule has 1 fully saturated rings. The Kier molecular flexibility index (Phi) is 4.74. The summed E-state index contributed by atoms with van der Waals surface area (Å²) in [7, 11) is 2.04. The number of pyridine rings is 1. The van der Waals surface area contributed by atoms with Gasteiger partial charge in [0.1, 0.15) is 5.82 Å². The van der Waals surface area contributed by atoms with Gasteiger partial charge in [0, 0.05) is 37.8 Å². The van der Waals surface area contributed by atoms with Gasteiger partial charge in [-0.2, -0.15) is 0 Å². The average Bonchev–Trinajstić information content (AvgIpc) is 3.31. The zero-order chi connectivity index (χ0) is 17.9. The molecule has 0 radical (unpaired) electrons. The van der Waals surface area contributed by atoms with Gasteiger partial charge in [-0.1, -0.05) is 48.6 Å². The Hall–Kier alpha value is -2.62. The fourth-order valence-corrected chi connectivity index (χ4v) is 4.24. The van der Waals surface area contributed by atoms with Crippen LogP contribution in [0.4, 0.5) is 5.82 Å². The molecule has 4 nitrogen and oxygen atoms in total. The van der Waals surface area contributed by atoms with Crippen LogP contribution < -0.4 is 10.2 Å². The van der Waals surface area contributed by atoms with Gasteiger partial charge in [0.15, 0.2) is 0 Å². The van der Waals surface area contributed by atoms with E-state index in [-0.39, 0.29) is 11.8 Å². The van der Waals surface area contributed by atoms with Crippen molar-refractivity contribution in [3.8, 4) is 0 Å². The van der Waals surface area contributed by atoms with Gasteiger partial charge < -0.3 is 10.2 Å². The maximum Gasteiger partial charge on any atom is 0.223 e. The highest BCUT2D eigenvalue weighted by atomic mass is 16.1. The van der Waals surface area contributed by atoms with Crippen molar-refractivity contribution in [2.75, 3.05) is 11.9 Å². The van der Waals surface area contributed by atoms with Gasteiger partial charge >= 0.3 is 0 Å². The molecule has 3 atom stereocenters. The minimum Gasteiger partial charge on any atom is -0.355 e. The Morgan fingerprint density at radius 2 is 2.00 bits per heavy atom. The van der Waals surface area contributed by atoms with Crippen molar-refractivity contribution in [1.29, 1.82) is 0 Å². The molecule has 1 aromatic heterocycles. The van der Waals surface area contributed by atoms with E-state index in [0.29, 0.717) is 18.4 Å². The summed E-state index contributed by atoms with van der Waals surface area (Å²) in [6, 6.07) is 14.3. The van der Waals surface area contributed by atoms with E-state index >= 15 is 0 Å². The lowest BCUT2D eigenvalue weighted by molar-refractivity contribution is -0.125. The molecule has 1 aromatic carbocycles. The molecular weight excluding hydrogens is 322 g/mol. The van der Waals surface area contributed by atoms with Gasteiger partial charge in [0.2, 0.25) is 5.91 Å². The largest absolute Gasteiger partial charge is 0.355 e. The second-order valence-corrected chi connectivity index (χ2v) is 7.43. The monoisotopic (exact) mass is 347 g/mol. The topological polar surface area (TPSA) is 45.2 Å². The molecule has 2 aliphatic rings. The number of anilines is 1. The van der Waals surface area contributed by atoms with E-state index in [4.69, 9.17) is 0 Å². The third kappa shape index (κ3) is 3.50. The summed E-state index contributed by atoms with van der Waals surface area (Å²) < 4.78 is 0. The van der Waals surface area contributed by atoms with Gasteiger partial charge in [0.05, 0.1) is 0 Å². The molecule has 2 aromatic rings. The molecule has 1 N–H and O–H groups in total. The summed E-state index contributed by atoms with van der Waals surface area (Å²) in [5, 5.41) is 3.15. The molecule has 0 saturated heterocycles. The lowest BCUT2D eigenvalue weighted by Gasteiger charge is -2.22. The summed E-state index contributed by atoms with van der Waals surface area (Å²) in [4.78, 5) is 19.3. The van der Waals surface area contributed by atoms with E-state index in [0.717, 1.165) is 30.8 Å². The van der Waals surface area contributed by atoms with Crippen LogP contribution >= 0.6 is 0 Å². The number of hydrogen-bond acceptors (Lipinski definition) is 3. The Bertz CT molecular complexity index is 802. The van der Waals surface area contributed by atoms with Crippen LogP contribution in [0.15, 0.2) is 60.8 Å². The minimum absolute atomic E-state index is 0.146. The number of aromatic nitrogens is 1. The zero-order valence-electron chi connectivity index (χ0n) is 15.1. The van der Waals surface area contributed by atoms with Crippen molar-refractivity contribution in [1.82, 2.24) is 10.3 Å². The van der Waals surface area contributed by atoms with Crippen molar-refractivity contribution in [2.45, 2.75) is 25.9 Å². The van der Waals surface area contributed by atoms with Crippen molar-refractivity contribution in [2.24, 2.45) is 17.8 Å². The van der Waals surface area contributed by atoms with E-state index < -0.39 is 0 Å². The van der Waals surface area contributed by atoms with Gasteiger partial charge in [-0.25, -0.2) is 4.98 Å². The molecule has 26 heavy (non-hydrogen) atoms. The highest BCUT2D eigenvalue weighted by Crippen LogP contribution is 2.43. The molecule has 2 bridgehead atoms. The number of amides is 1. The Balaban J connectivity index is 1.41. The number of rotatable bonds is 6. The molecule has 2 aliphatic carbocycles. The quantitative estimate of drug-likeness (QED) is 0.813. The number of carbonyl (C=O) groups excluding carboxylic acids is 1. The predicted octanol–water partition coefficient (Wildman–Crippen LogP) is 3.55. The first-order chi connectivity index (χ1) is 12.7. The van der Waals surface area contributed by atoms with E-state index in [1.54, 1.807) is 0 Å². The molecule has 0 unspecified atom stereocenters. The van der Waals surface area contributed by atoms with E-state index in [9.17, 15) is 4.79 Å². The molecule has 1 saturated carbocycles. The molecule has 4 heteroatoms. The number of fused-ring (bicyclic) bond motifs is 2. The van der Waals surface area contributed by atoms with Crippen LogP contribution in [0.1, 0.15) is 24.0 Å². The van der Waals surface area contributed by atoms with E-state index in [1.165, 1.54) is 5.56 Å². The fourth-order valence-electron chi connectivity index (χ4n) is 4.24. The number of hydrogen-bond donors (Lipinski definition) is 1. The maximum absolute atomic E-state index is 12.6. The van der Waals surface area contributed by atoms with Crippen LogP contribution in [0.2, 0.25) is 0 Å². The first kappa shape index (κ1) is 16.8. The molecular formula is C22H25N3O. The number of allylic oxidation sites excluding steroid dienone is 2. The van der Waals surface area contributed by atoms with Crippen LogP contribution in [0.5, 0.6) is 0 Å². The summed E-state index contributed by atoms with van der Waals surface area (Å²) in [5.41, 5.74) is 2.29. The zero-order valence-corrected chi connectivity index (χ0v) is 15.1. The molecule has 134 valence electrons. The van der Waals surface area contributed by atoms with Crippen LogP contribution in [0, 0.1) is 17.8 Å². The minimum atomic E-state index is 0.146. The number of carbonyl (C=O) groups is 1. The third-order valence-corrected chi connectivity index (χ3v) is 5.56. The smallest absolute Gasteiger partial charge is 0.223 e. The van der Waals surface area contributed by atoms with Gasteiger partial charge in [0.25, 0.3) is 0 Å². The maximum atomic E-state index is 12.6. The summed E-state index contributed by atoms with van der Waals surface area (Å²) >= 11 is 0. The van der Waals surface area contributed by atoms with E-state index in [2.05, 4.69) is 39.5 Å². The Morgan fingerprint density at radius 3 is 2.73 bits per heavy atom. The average molecular weight is 347 g/mol. The molecule has 0 spiro atoms. The molecule has 4 rings (SSSR count). The lowest BCUT2D eigenvalue weighted by atomic mass is 9.93. The number of nitrogens with one attached hydrogen (secondary N) is 1. The van der Waals surface area contributed by atoms with Crippen molar-refractivity contribution in [3.63, 3.8) is 0 Å². The van der Waals surface area contributed by atoms with Gasteiger partial charge in [-0.15, -0.1) is 0 Å². The molecule has 1 amide bonds. The first-order valence-corrected chi connectivity index (χ1v) is 9.35. The molecule has 1 heterocycles. The second kappa shape index (κ2) is 7.32. The standard InChI is InChI=1S/C22H25N3O/c1-25(15-16-6-3-2-4-7-16)21-19(8-5-11-23-21)14-24-22(26)20-13-17-9-10-18(20)12-17/h2-11,17-18,20H,12-15H2,1H3,(H,24,26)/t17-,18+,20+/m0/s1. The van der Waals surface area contributed by atoms with Crippen molar-refractivity contribution in [3.05, 3.63) is 71.9 Å². The predicted molar refractivity (Wildman–Crippen MR) is 103 cm³/mol. The highest BCUT2D eigenvalue weighted by molar-refractivity contribution is 5.80.